The van der Waals surface area contributed by atoms with Crippen LogP contribution in [0.5, 0.6) is 5.75 Å². The van der Waals surface area contributed by atoms with Crippen molar-refractivity contribution in [2.75, 3.05) is 13.7 Å². The molecule has 1 amide bonds. The van der Waals surface area contributed by atoms with Crippen LogP contribution in [0.4, 0.5) is 0 Å². The van der Waals surface area contributed by atoms with Crippen molar-refractivity contribution in [3.63, 3.8) is 0 Å². The second kappa shape index (κ2) is 8.05. The van der Waals surface area contributed by atoms with Crippen LogP contribution >= 0.6 is 28.4 Å². The van der Waals surface area contributed by atoms with Gasteiger partial charge >= 0.3 is 0 Å². The van der Waals surface area contributed by atoms with Crippen molar-refractivity contribution in [1.82, 2.24) is 24.6 Å². The summed E-state index contributed by atoms with van der Waals surface area (Å²) in [6.45, 7) is 2.94. The summed E-state index contributed by atoms with van der Waals surface area (Å²) in [4.78, 5) is 14.8. The van der Waals surface area contributed by atoms with E-state index in [0.717, 1.165) is 27.4 Å². The highest BCUT2D eigenvalue weighted by Crippen LogP contribution is 2.35. The number of halogens is 1. The van der Waals surface area contributed by atoms with Gasteiger partial charge in [-0.25, -0.2) is 4.45 Å². The number of nitrogens with zero attached hydrogens (tertiary/aromatic N) is 4. The quantitative estimate of drug-likeness (QED) is 0.311. The topological polar surface area (TPSA) is 76.0 Å². The molecular weight excluding hydrogens is 488 g/mol. The number of rotatable bonds is 6. The lowest BCUT2D eigenvalue weighted by Gasteiger charge is -2.18. The molecular formula is C19H19IN5O2P. The minimum absolute atomic E-state index is 0.0657. The Kier molecular flexibility index (Phi) is 5.50. The Morgan fingerprint density at radius 1 is 1.32 bits per heavy atom. The summed E-state index contributed by atoms with van der Waals surface area (Å²) < 4.78 is 7.71. The highest BCUT2D eigenvalue weighted by atomic mass is 127. The van der Waals surface area contributed by atoms with Gasteiger partial charge in [-0.3, -0.25) is 9.89 Å². The van der Waals surface area contributed by atoms with Gasteiger partial charge in [0.05, 0.1) is 30.9 Å². The fraction of sp³-hybridized carbons (Fsp3) is 0.211. The molecule has 0 saturated heterocycles. The maximum atomic E-state index is 13.1. The lowest BCUT2D eigenvalue weighted by atomic mass is 10.1. The Hall–Kier alpha value is -2.19. The van der Waals surface area contributed by atoms with Crippen LogP contribution in [0.2, 0.25) is 0 Å². The van der Waals surface area contributed by atoms with Crippen molar-refractivity contribution in [3.8, 4) is 5.75 Å². The molecule has 0 aliphatic carbocycles. The zero-order valence-corrected chi connectivity index (χ0v) is 18.6. The van der Waals surface area contributed by atoms with E-state index in [9.17, 15) is 4.79 Å². The number of carbonyl (C=O) groups is 1. The van der Waals surface area contributed by atoms with E-state index in [1.54, 1.807) is 24.3 Å². The van der Waals surface area contributed by atoms with Crippen LogP contribution in [-0.4, -0.2) is 44.2 Å². The van der Waals surface area contributed by atoms with Gasteiger partial charge in [0.25, 0.3) is 5.91 Å². The van der Waals surface area contributed by atoms with Crippen molar-refractivity contribution >= 4 is 56.1 Å². The number of benzene rings is 2. The van der Waals surface area contributed by atoms with Crippen LogP contribution < -0.4 is 4.74 Å². The summed E-state index contributed by atoms with van der Waals surface area (Å²) in [5.74, 6) is 0.623. The Morgan fingerprint density at radius 3 is 2.96 bits per heavy atom. The van der Waals surface area contributed by atoms with E-state index >= 15 is 0 Å². The van der Waals surface area contributed by atoms with Crippen molar-refractivity contribution < 1.29 is 9.53 Å². The number of amides is 1. The van der Waals surface area contributed by atoms with E-state index < -0.39 is 0 Å². The average molecular weight is 507 g/mol. The van der Waals surface area contributed by atoms with E-state index in [2.05, 4.69) is 37.3 Å². The van der Waals surface area contributed by atoms with E-state index in [0.29, 0.717) is 30.8 Å². The maximum absolute atomic E-state index is 13.1. The molecule has 0 fully saturated rings. The smallest absolute Gasteiger partial charge is 0.254 e. The van der Waals surface area contributed by atoms with Crippen molar-refractivity contribution in [2.24, 2.45) is 0 Å². The molecule has 0 aliphatic rings. The predicted molar refractivity (Wildman–Crippen MR) is 121 cm³/mol. The third-order valence-electron chi connectivity index (χ3n) is 4.57. The minimum Gasteiger partial charge on any atom is -0.492 e. The summed E-state index contributed by atoms with van der Waals surface area (Å²) in [7, 11) is 1.80. The fourth-order valence-electron chi connectivity index (χ4n) is 3.30. The van der Waals surface area contributed by atoms with Gasteiger partial charge in [0.15, 0.2) is 0 Å². The molecule has 2 aromatic heterocycles. The Morgan fingerprint density at radius 2 is 2.18 bits per heavy atom. The summed E-state index contributed by atoms with van der Waals surface area (Å²) in [5, 5.41) is 13.4. The fourth-order valence-corrected chi connectivity index (χ4v) is 4.82. The first-order valence-corrected chi connectivity index (χ1v) is 12.9. The lowest BCUT2D eigenvalue weighted by Crippen LogP contribution is -2.26. The first-order chi connectivity index (χ1) is 13.6. The van der Waals surface area contributed by atoms with Gasteiger partial charge in [-0.05, 0) is 46.7 Å². The summed E-state index contributed by atoms with van der Waals surface area (Å²) in [5.41, 5.74) is 3.50. The van der Waals surface area contributed by atoms with Gasteiger partial charge in [0, 0.05) is 29.9 Å². The summed E-state index contributed by atoms with van der Waals surface area (Å²) in [6, 6.07) is 9.68. The predicted octanol–water partition coefficient (Wildman–Crippen LogP) is 4.38. The van der Waals surface area contributed by atoms with E-state index in [-0.39, 0.29) is 5.91 Å². The summed E-state index contributed by atoms with van der Waals surface area (Å²) >= 11 is 2.28. The van der Waals surface area contributed by atoms with Gasteiger partial charge < -0.3 is 9.64 Å². The monoisotopic (exact) mass is 507 g/mol. The molecule has 1 unspecified atom stereocenters. The van der Waals surface area contributed by atoms with Crippen LogP contribution in [0.1, 0.15) is 22.8 Å². The van der Waals surface area contributed by atoms with E-state index in [4.69, 9.17) is 4.74 Å². The molecule has 1 atom stereocenters. The van der Waals surface area contributed by atoms with Crippen LogP contribution in [0.3, 0.4) is 0 Å². The standard InChI is InChI=1S/C19H19IN5O2P/c1-3-27-16-8-14(7-15-10-22-25(28-20)18(15)16)19(26)24(2)11-13-6-4-5-12-9-21-23-17(12)13/h4-10,28H,3,11H2,1-2H3,(H,21,23). The second-order valence-corrected chi connectivity index (χ2v) is 8.44. The van der Waals surface area contributed by atoms with Gasteiger partial charge in [-0.15, -0.1) is 0 Å². The SMILES string of the molecule is CCOc1cc(C(=O)N(C)Cc2cccc3cn[nH]c23)cc2cnn(PI)c12. The Balaban J connectivity index is 1.67. The second-order valence-electron chi connectivity index (χ2n) is 6.40. The van der Waals surface area contributed by atoms with Crippen molar-refractivity contribution in [2.45, 2.75) is 13.5 Å². The highest BCUT2D eigenvalue weighted by molar-refractivity contribution is 14.2. The Labute approximate surface area is 176 Å². The zero-order valence-electron chi connectivity index (χ0n) is 15.4. The van der Waals surface area contributed by atoms with Crippen LogP contribution in [0.25, 0.3) is 21.8 Å². The van der Waals surface area contributed by atoms with E-state index in [1.807, 2.05) is 41.7 Å². The number of aromatic nitrogens is 4. The maximum Gasteiger partial charge on any atom is 0.254 e. The molecule has 4 rings (SSSR count). The molecule has 9 heteroatoms. The zero-order chi connectivity index (χ0) is 19.7. The molecule has 2 heterocycles. The number of hydrogen-bond acceptors (Lipinski definition) is 4. The van der Waals surface area contributed by atoms with Crippen LogP contribution in [0.15, 0.2) is 42.7 Å². The number of aromatic amines is 1. The van der Waals surface area contributed by atoms with Gasteiger partial charge in [0.2, 0.25) is 0 Å². The first kappa shape index (κ1) is 19.1. The van der Waals surface area contributed by atoms with E-state index in [1.165, 1.54) is 0 Å². The molecule has 2 aromatic carbocycles. The molecule has 28 heavy (non-hydrogen) atoms. The largest absolute Gasteiger partial charge is 0.492 e. The number of nitrogens with one attached hydrogen (secondary N) is 1. The van der Waals surface area contributed by atoms with Crippen LogP contribution in [0, 0.1) is 0 Å². The molecule has 144 valence electrons. The lowest BCUT2D eigenvalue weighted by molar-refractivity contribution is 0.0785. The number of fused-ring (bicyclic) bond motifs is 2. The highest BCUT2D eigenvalue weighted by Gasteiger charge is 2.18. The molecule has 0 spiro atoms. The van der Waals surface area contributed by atoms with Gasteiger partial charge in [-0.2, -0.15) is 10.2 Å². The van der Waals surface area contributed by atoms with Crippen molar-refractivity contribution in [3.05, 3.63) is 53.9 Å². The molecule has 0 aliphatic heterocycles. The number of hydrogen-bond donors (Lipinski definition) is 1. The third-order valence-corrected chi connectivity index (χ3v) is 6.44. The minimum atomic E-state index is -0.0657. The summed E-state index contributed by atoms with van der Waals surface area (Å²) in [6.07, 6.45) is 4.03. The van der Waals surface area contributed by atoms with Crippen molar-refractivity contribution in [1.29, 1.82) is 0 Å². The molecule has 1 N–H and O–H groups in total. The molecule has 0 radical (unpaired) electrons. The first-order valence-electron chi connectivity index (χ1n) is 8.80. The van der Waals surface area contributed by atoms with Gasteiger partial charge in [0.1, 0.15) is 11.3 Å². The number of carbonyl (C=O) groups excluding carboxylic acids is 1. The molecule has 7 nitrogen and oxygen atoms in total. The normalized spacial score (nSPS) is 11.7. The molecule has 4 aromatic rings. The third kappa shape index (κ3) is 3.46. The molecule has 0 bridgehead atoms. The Bertz CT molecular complexity index is 1160. The molecule has 0 saturated carbocycles. The number of ether oxygens (including phenoxy) is 1. The number of para-hydroxylation sites is 1. The average Bonchev–Trinajstić information content (AvgIpc) is 3.34. The van der Waals surface area contributed by atoms with Crippen LogP contribution in [-0.2, 0) is 6.54 Å². The number of H-pyrrole nitrogens is 1. The van der Waals surface area contributed by atoms with Gasteiger partial charge in [-0.1, -0.05) is 18.2 Å².